The molecule has 0 fully saturated rings. The highest BCUT2D eigenvalue weighted by atomic mass is 35.5. The molecule has 0 aliphatic carbocycles. The Kier molecular flexibility index (Phi) is 6.06. The molecule has 2 aromatic carbocycles. The monoisotopic (exact) mass is 401 g/mol. The van der Waals surface area contributed by atoms with Crippen LogP contribution in [0.1, 0.15) is 15.9 Å². The lowest BCUT2D eigenvalue weighted by Crippen LogP contribution is -2.30. The van der Waals surface area contributed by atoms with Gasteiger partial charge >= 0.3 is 5.97 Å². The van der Waals surface area contributed by atoms with Crippen molar-refractivity contribution in [3.63, 3.8) is 0 Å². The van der Waals surface area contributed by atoms with Gasteiger partial charge in [-0.15, -0.1) is 0 Å². The maximum absolute atomic E-state index is 12.2. The molecular weight excluding hydrogens is 382 g/mol. The van der Waals surface area contributed by atoms with Crippen molar-refractivity contribution in [2.45, 2.75) is 6.42 Å². The molecule has 8 heteroatoms. The Morgan fingerprint density at radius 3 is 2.82 bits per heavy atom. The molecule has 0 radical (unpaired) electrons. The van der Waals surface area contributed by atoms with E-state index >= 15 is 0 Å². The molecule has 0 saturated carbocycles. The molecule has 7 nitrogen and oxygen atoms in total. The number of halogens is 1. The van der Waals surface area contributed by atoms with Gasteiger partial charge in [-0.2, -0.15) is 0 Å². The van der Waals surface area contributed by atoms with Crippen LogP contribution in [-0.4, -0.2) is 37.1 Å². The lowest BCUT2D eigenvalue weighted by molar-refractivity contribution is -0.124. The topological polar surface area (TPSA) is 106 Å². The van der Waals surface area contributed by atoms with Gasteiger partial charge in [-0.3, -0.25) is 4.79 Å². The molecule has 0 aliphatic heterocycles. The number of carbonyl (C=O) groups is 2. The van der Waals surface area contributed by atoms with E-state index < -0.39 is 18.5 Å². The third kappa shape index (κ3) is 4.37. The molecule has 0 saturated heterocycles. The normalized spacial score (nSPS) is 10.6. The molecule has 0 atom stereocenters. The van der Waals surface area contributed by atoms with Gasteiger partial charge in [-0.1, -0.05) is 29.8 Å². The smallest absolute Gasteiger partial charge is 0.342 e. The lowest BCUT2D eigenvalue weighted by atomic mass is 10.1. The Hall–Kier alpha value is -3.19. The highest BCUT2D eigenvalue weighted by Crippen LogP contribution is 2.29. The Balaban J connectivity index is 1.50. The van der Waals surface area contributed by atoms with Crippen LogP contribution in [0.4, 0.5) is 5.69 Å². The van der Waals surface area contributed by atoms with Crippen LogP contribution in [0.2, 0.25) is 5.02 Å². The number of anilines is 1. The minimum Gasteiger partial charge on any atom is -0.496 e. The number of nitrogen functional groups attached to an aromatic ring is 1. The number of carbonyl (C=O) groups excluding carboxylic acids is 2. The molecule has 28 heavy (non-hydrogen) atoms. The highest BCUT2D eigenvalue weighted by Gasteiger charge is 2.17. The van der Waals surface area contributed by atoms with E-state index in [4.69, 9.17) is 26.8 Å². The van der Waals surface area contributed by atoms with E-state index in [0.717, 1.165) is 16.5 Å². The number of esters is 1. The van der Waals surface area contributed by atoms with E-state index in [0.29, 0.717) is 13.0 Å². The fourth-order valence-electron chi connectivity index (χ4n) is 2.83. The second kappa shape index (κ2) is 8.67. The predicted octanol–water partition coefficient (Wildman–Crippen LogP) is 2.93. The first-order chi connectivity index (χ1) is 13.5. The van der Waals surface area contributed by atoms with Crippen molar-refractivity contribution in [3.8, 4) is 5.75 Å². The number of methoxy groups -OCH3 is 1. The van der Waals surface area contributed by atoms with Crippen molar-refractivity contribution in [1.82, 2.24) is 10.3 Å². The number of rotatable bonds is 7. The summed E-state index contributed by atoms with van der Waals surface area (Å²) in [4.78, 5) is 27.4. The number of fused-ring (bicyclic) bond motifs is 1. The molecule has 1 amide bonds. The van der Waals surface area contributed by atoms with Gasteiger partial charge in [0.1, 0.15) is 11.3 Å². The Morgan fingerprint density at radius 1 is 1.25 bits per heavy atom. The van der Waals surface area contributed by atoms with Gasteiger partial charge in [-0.05, 0) is 24.1 Å². The fraction of sp³-hybridized carbons (Fsp3) is 0.200. The predicted molar refractivity (Wildman–Crippen MR) is 108 cm³/mol. The SMILES string of the molecule is COc1cc(N)c(Cl)cc1C(=O)OCC(=O)NCCc1c[nH]c2ccccc12. The van der Waals surface area contributed by atoms with E-state index in [1.54, 1.807) is 0 Å². The molecular formula is C20H20ClN3O4. The summed E-state index contributed by atoms with van der Waals surface area (Å²) in [6.07, 6.45) is 2.58. The minimum atomic E-state index is -0.717. The standard InChI is InChI=1S/C20H20ClN3O4/c1-27-18-9-16(22)15(21)8-14(18)20(26)28-11-19(25)23-7-6-12-10-24-17-5-3-2-4-13(12)17/h2-5,8-10,24H,6-7,11,22H2,1H3,(H,23,25). The van der Waals surface area contributed by atoms with Gasteiger partial charge in [0.2, 0.25) is 0 Å². The van der Waals surface area contributed by atoms with E-state index in [1.807, 2.05) is 30.5 Å². The third-order valence-electron chi connectivity index (χ3n) is 4.26. The van der Waals surface area contributed by atoms with Crippen LogP contribution < -0.4 is 15.8 Å². The molecule has 1 heterocycles. The number of amides is 1. The first-order valence-electron chi connectivity index (χ1n) is 8.61. The van der Waals surface area contributed by atoms with E-state index in [-0.39, 0.29) is 22.0 Å². The van der Waals surface area contributed by atoms with Gasteiger partial charge in [0.25, 0.3) is 5.91 Å². The van der Waals surface area contributed by atoms with Crippen LogP contribution in [0.15, 0.2) is 42.6 Å². The van der Waals surface area contributed by atoms with Crippen molar-refractivity contribution in [1.29, 1.82) is 0 Å². The van der Waals surface area contributed by atoms with Crippen molar-refractivity contribution in [2.24, 2.45) is 0 Å². The Labute approximate surface area is 166 Å². The number of para-hydroxylation sites is 1. The number of H-pyrrole nitrogens is 1. The largest absolute Gasteiger partial charge is 0.496 e. The maximum Gasteiger partial charge on any atom is 0.342 e. The van der Waals surface area contributed by atoms with Crippen molar-refractivity contribution in [2.75, 3.05) is 26.0 Å². The summed E-state index contributed by atoms with van der Waals surface area (Å²) in [7, 11) is 1.40. The summed E-state index contributed by atoms with van der Waals surface area (Å²) in [5, 5.41) is 4.06. The van der Waals surface area contributed by atoms with Gasteiger partial charge in [0, 0.05) is 29.7 Å². The van der Waals surface area contributed by atoms with Crippen LogP contribution in [0.25, 0.3) is 10.9 Å². The third-order valence-corrected chi connectivity index (χ3v) is 4.59. The average molecular weight is 402 g/mol. The Bertz CT molecular complexity index is 1020. The van der Waals surface area contributed by atoms with E-state index in [9.17, 15) is 9.59 Å². The summed E-state index contributed by atoms with van der Waals surface area (Å²) in [6, 6.07) is 10.7. The maximum atomic E-state index is 12.2. The molecule has 3 aromatic rings. The summed E-state index contributed by atoms with van der Waals surface area (Å²) in [5.74, 6) is -0.883. The van der Waals surface area contributed by atoms with Gasteiger partial charge in [-0.25, -0.2) is 4.79 Å². The quantitative estimate of drug-likeness (QED) is 0.417. The van der Waals surface area contributed by atoms with Gasteiger partial charge < -0.3 is 25.5 Å². The van der Waals surface area contributed by atoms with E-state index in [2.05, 4.69) is 10.3 Å². The zero-order valence-electron chi connectivity index (χ0n) is 15.3. The molecule has 0 spiro atoms. The first-order valence-corrected chi connectivity index (χ1v) is 8.99. The number of hydrogen-bond donors (Lipinski definition) is 3. The zero-order valence-corrected chi connectivity index (χ0v) is 16.0. The number of hydrogen-bond acceptors (Lipinski definition) is 5. The molecule has 0 unspecified atom stereocenters. The Morgan fingerprint density at radius 2 is 2.04 bits per heavy atom. The molecule has 146 valence electrons. The summed E-state index contributed by atoms with van der Waals surface area (Å²) < 4.78 is 10.2. The number of aromatic nitrogens is 1. The number of nitrogens with one attached hydrogen (secondary N) is 2. The number of benzene rings is 2. The minimum absolute atomic E-state index is 0.105. The molecule has 3 rings (SSSR count). The molecule has 0 bridgehead atoms. The summed E-state index contributed by atoms with van der Waals surface area (Å²) in [6.45, 7) is 0.0210. The van der Waals surface area contributed by atoms with Crippen LogP contribution in [0.5, 0.6) is 5.75 Å². The van der Waals surface area contributed by atoms with Crippen molar-refractivity contribution >= 4 is 40.1 Å². The number of aromatic amines is 1. The zero-order chi connectivity index (χ0) is 20.1. The molecule has 0 aliphatic rings. The number of nitrogens with two attached hydrogens (primary N) is 1. The highest BCUT2D eigenvalue weighted by molar-refractivity contribution is 6.33. The second-order valence-corrected chi connectivity index (χ2v) is 6.52. The second-order valence-electron chi connectivity index (χ2n) is 6.11. The lowest BCUT2D eigenvalue weighted by Gasteiger charge is -2.11. The summed E-state index contributed by atoms with van der Waals surface area (Å²) in [5.41, 5.74) is 8.23. The van der Waals surface area contributed by atoms with Crippen LogP contribution >= 0.6 is 11.6 Å². The van der Waals surface area contributed by atoms with Crippen molar-refractivity contribution in [3.05, 3.63) is 58.7 Å². The first kappa shape index (κ1) is 19.6. The molecule has 4 N–H and O–H groups in total. The molecule has 1 aromatic heterocycles. The van der Waals surface area contributed by atoms with Gasteiger partial charge in [0.05, 0.1) is 17.8 Å². The summed E-state index contributed by atoms with van der Waals surface area (Å²) >= 11 is 5.94. The number of ether oxygens (including phenoxy) is 2. The van der Waals surface area contributed by atoms with Crippen LogP contribution in [-0.2, 0) is 16.0 Å². The average Bonchev–Trinajstić information content (AvgIpc) is 3.11. The van der Waals surface area contributed by atoms with Crippen LogP contribution in [0, 0.1) is 0 Å². The fourth-order valence-corrected chi connectivity index (χ4v) is 3.00. The van der Waals surface area contributed by atoms with E-state index in [1.165, 1.54) is 19.2 Å². The van der Waals surface area contributed by atoms with Gasteiger partial charge in [0.15, 0.2) is 6.61 Å². The van der Waals surface area contributed by atoms with Crippen LogP contribution in [0.3, 0.4) is 0 Å². The van der Waals surface area contributed by atoms with Crippen molar-refractivity contribution < 1.29 is 19.1 Å².